The zero-order chi connectivity index (χ0) is 21.7. The van der Waals surface area contributed by atoms with Gasteiger partial charge < -0.3 is 14.4 Å². The van der Waals surface area contributed by atoms with Crippen LogP contribution in [0.1, 0.15) is 10.4 Å². The number of piperazine rings is 1. The van der Waals surface area contributed by atoms with Crippen LogP contribution in [0.25, 0.3) is 0 Å². The molecule has 1 fully saturated rings. The third-order valence-electron chi connectivity index (χ3n) is 4.72. The number of amides is 1. The number of hydrogen-bond acceptors (Lipinski definition) is 6. The maximum Gasteiger partial charge on any atom is 0.260 e. The molecule has 0 saturated carbocycles. The van der Waals surface area contributed by atoms with Gasteiger partial charge in [-0.2, -0.15) is 4.31 Å². The minimum absolute atomic E-state index is 0.210. The molecule has 0 unspecified atom stereocenters. The van der Waals surface area contributed by atoms with Gasteiger partial charge in [-0.05, 0) is 42.5 Å². The van der Waals surface area contributed by atoms with E-state index in [-0.39, 0.29) is 43.6 Å². The van der Waals surface area contributed by atoms with E-state index >= 15 is 0 Å². The van der Waals surface area contributed by atoms with E-state index in [0.717, 1.165) is 4.47 Å². The number of benzene rings is 2. The van der Waals surface area contributed by atoms with Crippen molar-refractivity contribution >= 4 is 38.1 Å². The van der Waals surface area contributed by atoms with Crippen molar-refractivity contribution in [1.29, 1.82) is 0 Å². The zero-order valence-corrected chi connectivity index (χ0v) is 18.7. The van der Waals surface area contributed by atoms with E-state index in [1.165, 1.54) is 17.5 Å². The molecular formula is C20H21BrN2O6S. The number of carbonyl (C=O) groups excluding carboxylic acids is 2. The van der Waals surface area contributed by atoms with Gasteiger partial charge in [-0.3, -0.25) is 9.59 Å². The molecule has 10 heteroatoms. The highest BCUT2D eigenvalue weighted by Crippen LogP contribution is 2.27. The van der Waals surface area contributed by atoms with Crippen LogP contribution in [0.15, 0.2) is 51.8 Å². The Labute approximate surface area is 183 Å². The van der Waals surface area contributed by atoms with Crippen LogP contribution in [-0.2, 0) is 14.8 Å². The van der Waals surface area contributed by atoms with Crippen LogP contribution < -0.4 is 9.47 Å². The van der Waals surface area contributed by atoms with Gasteiger partial charge in [0.05, 0.1) is 12.0 Å². The SMILES string of the molecule is COc1cc(C=O)ccc1OCC(=O)N1CCN(S(=O)(=O)c2ccc(Br)cc2)CC1. The van der Waals surface area contributed by atoms with Crippen molar-refractivity contribution < 1.29 is 27.5 Å². The topological polar surface area (TPSA) is 93.2 Å². The number of halogens is 1. The summed E-state index contributed by atoms with van der Waals surface area (Å²) in [6, 6.07) is 11.1. The standard InChI is InChI=1S/C20H21BrN2O6S/c1-28-19-12-15(13-24)2-7-18(19)29-14-20(25)22-8-10-23(11-9-22)30(26,27)17-5-3-16(21)4-6-17/h2-7,12-13H,8-11,14H2,1H3. The van der Waals surface area contributed by atoms with Gasteiger partial charge >= 0.3 is 0 Å². The normalized spacial score (nSPS) is 14.9. The molecule has 0 radical (unpaired) electrons. The van der Waals surface area contributed by atoms with Crippen LogP contribution in [0.4, 0.5) is 0 Å². The molecule has 1 heterocycles. The summed E-state index contributed by atoms with van der Waals surface area (Å²) in [5, 5.41) is 0. The summed E-state index contributed by atoms with van der Waals surface area (Å²) in [6.45, 7) is 0.761. The number of sulfonamides is 1. The fraction of sp³-hybridized carbons (Fsp3) is 0.300. The van der Waals surface area contributed by atoms with Crippen LogP contribution in [0, 0.1) is 0 Å². The number of methoxy groups -OCH3 is 1. The van der Waals surface area contributed by atoms with Crippen molar-refractivity contribution in [3.05, 3.63) is 52.5 Å². The molecule has 1 aliphatic heterocycles. The van der Waals surface area contributed by atoms with Crippen molar-refractivity contribution in [3.63, 3.8) is 0 Å². The quantitative estimate of drug-likeness (QED) is 0.545. The minimum atomic E-state index is -3.60. The smallest absolute Gasteiger partial charge is 0.260 e. The molecule has 1 aliphatic rings. The van der Waals surface area contributed by atoms with Gasteiger partial charge in [0, 0.05) is 36.2 Å². The lowest BCUT2D eigenvalue weighted by atomic mass is 10.2. The Morgan fingerprint density at radius 3 is 2.33 bits per heavy atom. The molecule has 0 N–H and O–H groups in total. The van der Waals surface area contributed by atoms with Gasteiger partial charge in [0.25, 0.3) is 5.91 Å². The minimum Gasteiger partial charge on any atom is -0.493 e. The molecule has 1 saturated heterocycles. The predicted octanol–water partition coefficient (Wildman–Crippen LogP) is 2.18. The van der Waals surface area contributed by atoms with Gasteiger partial charge in [0.1, 0.15) is 6.29 Å². The number of ether oxygens (including phenoxy) is 2. The monoisotopic (exact) mass is 496 g/mol. The van der Waals surface area contributed by atoms with E-state index in [1.54, 1.807) is 41.3 Å². The van der Waals surface area contributed by atoms with E-state index in [4.69, 9.17) is 9.47 Å². The first-order valence-corrected chi connectivity index (χ1v) is 11.4. The average Bonchev–Trinajstić information content (AvgIpc) is 2.77. The molecule has 8 nitrogen and oxygen atoms in total. The summed E-state index contributed by atoms with van der Waals surface area (Å²) in [6.07, 6.45) is 0.694. The van der Waals surface area contributed by atoms with E-state index in [9.17, 15) is 18.0 Å². The second-order valence-electron chi connectivity index (χ2n) is 6.56. The third-order valence-corrected chi connectivity index (χ3v) is 7.16. The zero-order valence-electron chi connectivity index (χ0n) is 16.3. The molecule has 0 atom stereocenters. The van der Waals surface area contributed by atoms with E-state index in [0.29, 0.717) is 23.3 Å². The summed E-state index contributed by atoms with van der Waals surface area (Å²) in [5.41, 5.74) is 0.439. The van der Waals surface area contributed by atoms with E-state index in [1.807, 2.05) is 0 Å². The van der Waals surface area contributed by atoms with Crippen molar-refractivity contribution in [3.8, 4) is 11.5 Å². The number of rotatable bonds is 7. The Bertz CT molecular complexity index is 1020. The predicted molar refractivity (Wildman–Crippen MR) is 113 cm³/mol. The molecule has 160 valence electrons. The Balaban J connectivity index is 1.57. The fourth-order valence-corrected chi connectivity index (χ4v) is 4.73. The molecule has 0 aromatic heterocycles. The van der Waals surface area contributed by atoms with Crippen LogP contribution in [0.2, 0.25) is 0 Å². The van der Waals surface area contributed by atoms with Crippen molar-refractivity contribution in [1.82, 2.24) is 9.21 Å². The summed E-state index contributed by atoms with van der Waals surface area (Å²) < 4.78 is 38.4. The average molecular weight is 497 g/mol. The molecule has 2 aromatic carbocycles. The number of nitrogens with zero attached hydrogens (tertiary/aromatic N) is 2. The highest BCUT2D eigenvalue weighted by molar-refractivity contribution is 9.10. The Hall–Kier alpha value is -2.43. The molecule has 3 rings (SSSR count). The maximum atomic E-state index is 12.8. The van der Waals surface area contributed by atoms with Crippen LogP contribution in [-0.4, -0.2) is 69.7 Å². The first kappa shape index (κ1) is 22.3. The van der Waals surface area contributed by atoms with Crippen molar-refractivity contribution in [2.24, 2.45) is 0 Å². The molecule has 30 heavy (non-hydrogen) atoms. The molecule has 0 spiro atoms. The van der Waals surface area contributed by atoms with Gasteiger partial charge in [0.15, 0.2) is 18.1 Å². The van der Waals surface area contributed by atoms with Gasteiger partial charge in [-0.25, -0.2) is 8.42 Å². The van der Waals surface area contributed by atoms with Crippen LogP contribution in [0.3, 0.4) is 0 Å². The highest BCUT2D eigenvalue weighted by Gasteiger charge is 2.30. The number of aldehydes is 1. The lowest BCUT2D eigenvalue weighted by Crippen LogP contribution is -2.51. The second kappa shape index (κ2) is 9.59. The Morgan fingerprint density at radius 1 is 1.07 bits per heavy atom. The lowest BCUT2D eigenvalue weighted by Gasteiger charge is -2.34. The molecule has 1 amide bonds. The van der Waals surface area contributed by atoms with Gasteiger partial charge in [-0.15, -0.1) is 0 Å². The largest absolute Gasteiger partial charge is 0.493 e. The maximum absolute atomic E-state index is 12.8. The third kappa shape index (κ3) is 5.00. The second-order valence-corrected chi connectivity index (χ2v) is 9.41. The Morgan fingerprint density at radius 2 is 1.73 bits per heavy atom. The number of carbonyl (C=O) groups is 2. The summed E-state index contributed by atoms with van der Waals surface area (Å²) >= 11 is 3.29. The lowest BCUT2D eigenvalue weighted by molar-refractivity contribution is -0.134. The van der Waals surface area contributed by atoms with Crippen molar-refractivity contribution in [2.45, 2.75) is 4.90 Å². The molecule has 0 aliphatic carbocycles. The Kier molecular flexibility index (Phi) is 7.11. The summed E-state index contributed by atoms with van der Waals surface area (Å²) in [7, 11) is -2.15. The molecule has 0 bridgehead atoms. The van der Waals surface area contributed by atoms with Crippen LogP contribution in [0.5, 0.6) is 11.5 Å². The molecule has 2 aromatic rings. The summed E-state index contributed by atoms with van der Waals surface area (Å²) in [4.78, 5) is 25.1. The van der Waals surface area contributed by atoms with Crippen LogP contribution >= 0.6 is 15.9 Å². The van der Waals surface area contributed by atoms with E-state index in [2.05, 4.69) is 15.9 Å². The summed E-state index contributed by atoms with van der Waals surface area (Å²) in [5.74, 6) is 0.461. The highest BCUT2D eigenvalue weighted by atomic mass is 79.9. The molecular weight excluding hydrogens is 476 g/mol. The van der Waals surface area contributed by atoms with Gasteiger partial charge in [0.2, 0.25) is 10.0 Å². The van der Waals surface area contributed by atoms with Gasteiger partial charge in [-0.1, -0.05) is 15.9 Å². The van der Waals surface area contributed by atoms with E-state index < -0.39 is 10.0 Å². The first-order chi connectivity index (χ1) is 14.3. The number of hydrogen-bond donors (Lipinski definition) is 0. The van der Waals surface area contributed by atoms with Crippen molar-refractivity contribution in [2.75, 3.05) is 39.9 Å². The first-order valence-electron chi connectivity index (χ1n) is 9.14. The fourth-order valence-electron chi connectivity index (χ4n) is 3.04.